The molecule has 0 saturated carbocycles. The SMILES string of the molecule is C#CCOc1cccc(-c2nnc(-c3ccc(C)nc3)o2)c1. The molecule has 1 aromatic carbocycles. The van der Waals surface area contributed by atoms with Crippen LogP contribution in [0.5, 0.6) is 5.75 Å². The zero-order chi connectivity index (χ0) is 15.4. The van der Waals surface area contributed by atoms with Crippen molar-refractivity contribution in [1.29, 1.82) is 0 Å². The summed E-state index contributed by atoms with van der Waals surface area (Å²) in [6, 6.07) is 11.1. The molecule has 0 bridgehead atoms. The summed E-state index contributed by atoms with van der Waals surface area (Å²) in [5, 5.41) is 8.12. The van der Waals surface area contributed by atoms with Crippen molar-refractivity contribution in [3.63, 3.8) is 0 Å². The van der Waals surface area contributed by atoms with Crippen molar-refractivity contribution in [3.8, 4) is 41.0 Å². The van der Waals surface area contributed by atoms with Crippen LogP contribution in [0.3, 0.4) is 0 Å². The van der Waals surface area contributed by atoms with E-state index in [0.29, 0.717) is 17.5 Å². The minimum atomic E-state index is 0.216. The summed E-state index contributed by atoms with van der Waals surface area (Å²) in [4.78, 5) is 4.22. The molecular weight excluding hydrogens is 278 g/mol. The molecule has 2 heterocycles. The zero-order valence-corrected chi connectivity index (χ0v) is 12.0. The first kappa shape index (κ1) is 13.8. The normalized spacial score (nSPS) is 10.2. The van der Waals surface area contributed by atoms with Gasteiger partial charge >= 0.3 is 0 Å². The predicted molar refractivity (Wildman–Crippen MR) is 82.0 cm³/mol. The van der Waals surface area contributed by atoms with Crippen molar-refractivity contribution >= 4 is 0 Å². The molecule has 2 aromatic heterocycles. The number of ether oxygens (including phenoxy) is 1. The van der Waals surface area contributed by atoms with Crippen LogP contribution in [0.25, 0.3) is 22.9 Å². The van der Waals surface area contributed by atoms with Crippen molar-refractivity contribution in [3.05, 3.63) is 48.3 Å². The fourth-order valence-electron chi connectivity index (χ4n) is 1.89. The van der Waals surface area contributed by atoms with E-state index in [1.807, 2.05) is 43.3 Å². The Labute approximate surface area is 128 Å². The highest BCUT2D eigenvalue weighted by Crippen LogP contribution is 2.26. The van der Waals surface area contributed by atoms with Crippen molar-refractivity contribution < 1.29 is 9.15 Å². The molecule has 0 aliphatic rings. The van der Waals surface area contributed by atoms with E-state index < -0.39 is 0 Å². The fourth-order valence-corrected chi connectivity index (χ4v) is 1.89. The second-order valence-electron chi connectivity index (χ2n) is 4.62. The van der Waals surface area contributed by atoms with Crippen LogP contribution in [-0.4, -0.2) is 21.8 Å². The maximum Gasteiger partial charge on any atom is 0.249 e. The van der Waals surface area contributed by atoms with Gasteiger partial charge in [-0.3, -0.25) is 4.98 Å². The smallest absolute Gasteiger partial charge is 0.249 e. The van der Waals surface area contributed by atoms with Gasteiger partial charge in [0.2, 0.25) is 11.8 Å². The van der Waals surface area contributed by atoms with Crippen LogP contribution < -0.4 is 4.74 Å². The van der Waals surface area contributed by atoms with Gasteiger partial charge in [0.1, 0.15) is 12.4 Å². The van der Waals surface area contributed by atoms with Gasteiger partial charge in [0.25, 0.3) is 0 Å². The standard InChI is InChI=1S/C17H13N3O2/c1-3-9-21-15-6-4-5-13(10-15)16-19-20-17(22-16)14-8-7-12(2)18-11-14/h1,4-8,10-11H,9H2,2H3. The van der Waals surface area contributed by atoms with Crippen LogP contribution in [0.2, 0.25) is 0 Å². The minimum Gasteiger partial charge on any atom is -0.481 e. The summed E-state index contributed by atoms with van der Waals surface area (Å²) >= 11 is 0. The average Bonchev–Trinajstić information content (AvgIpc) is 3.04. The number of hydrogen-bond donors (Lipinski definition) is 0. The summed E-state index contributed by atoms with van der Waals surface area (Å²) in [5.74, 6) is 3.93. The van der Waals surface area contributed by atoms with Gasteiger partial charge < -0.3 is 9.15 Å². The van der Waals surface area contributed by atoms with Crippen LogP contribution in [0.15, 0.2) is 47.0 Å². The third-order valence-corrected chi connectivity index (χ3v) is 2.99. The largest absolute Gasteiger partial charge is 0.481 e. The Morgan fingerprint density at radius 2 is 1.95 bits per heavy atom. The molecule has 0 aliphatic heterocycles. The van der Waals surface area contributed by atoms with Gasteiger partial charge in [0.15, 0.2) is 0 Å². The molecule has 0 N–H and O–H groups in total. The molecule has 108 valence electrons. The monoisotopic (exact) mass is 291 g/mol. The lowest BCUT2D eigenvalue weighted by Gasteiger charge is -2.02. The van der Waals surface area contributed by atoms with Gasteiger partial charge in [-0.1, -0.05) is 12.0 Å². The van der Waals surface area contributed by atoms with Crippen LogP contribution in [-0.2, 0) is 0 Å². The Bertz CT molecular complexity index is 816. The first-order valence-electron chi connectivity index (χ1n) is 6.69. The maximum atomic E-state index is 5.70. The van der Waals surface area contributed by atoms with Gasteiger partial charge in [0.05, 0.1) is 5.56 Å². The molecule has 0 unspecified atom stereocenters. The van der Waals surface area contributed by atoms with Gasteiger partial charge in [-0.25, -0.2) is 0 Å². The van der Waals surface area contributed by atoms with E-state index in [1.165, 1.54) is 0 Å². The molecule has 0 atom stereocenters. The lowest BCUT2D eigenvalue weighted by Crippen LogP contribution is -1.93. The molecule has 0 fully saturated rings. The van der Waals surface area contributed by atoms with Crippen molar-refractivity contribution in [2.75, 3.05) is 6.61 Å². The summed E-state index contributed by atoms with van der Waals surface area (Å²) in [6.07, 6.45) is 6.89. The second kappa shape index (κ2) is 6.10. The third-order valence-electron chi connectivity index (χ3n) is 2.99. The van der Waals surface area contributed by atoms with Crippen LogP contribution in [0.1, 0.15) is 5.69 Å². The molecule has 0 radical (unpaired) electrons. The van der Waals surface area contributed by atoms with E-state index in [1.54, 1.807) is 6.20 Å². The third kappa shape index (κ3) is 2.96. The summed E-state index contributed by atoms with van der Waals surface area (Å²) in [5.41, 5.74) is 2.49. The molecule has 3 aromatic rings. The second-order valence-corrected chi connectivity index (χ2v) is 4.62. The molecule has 0 aliphatic carbocycles. The molecule has 5 nitrogen and oxygen atoms in total. The first-order chi connectivity index (χ1) is 10.8. The number of rotatable bonds is 4. The summed E-state index contributed by atoms with van der Waals surface area (Å²) < 4.78 is 11.1. The molecule has 0 amide bonds. The minimum absolute atomic E-state index is 0.216. The van der Waals surface area contributed by atoms with Gasteiger partial charge in [-0.2, -0.15) is 0 Å². The van der Waals surface area contributed by atoms with Crippen LogP contribution in [0, 0.1) is 19.3 Å². The van der Waals surface area contributed by atoms with E-state index >= 15 is 0 Å². The Morgan fingerprint density at radius 1 is 1.14 bits per heavy atom. The average molecular weight is 291 g/mol. The van der Waals surface area contributed by atoms with Crippen LogP contribution >= 0.6 is 0 Å². The van der Waals surface area contributed by atoms with Crippen molar-refractivity contribution in [2.24, 2.45) is 0 Å². The predicted octanol–water partition coefficient (Wildman–Crippen LogP) is 3.12. The molecular formula is C17H13N3O2. The maximum absolute atomic E-state index is 5.70. The Kier molecular flexibility index (Phi) is 3.84. The van der Waals surface area contributed by atoms with E-state index in [0.717, 1.165) is 16.8 Å². The topological polar surface area (TPSA) is 61.0 Å². The highest BCUT2D eigenvalue weighted by molar-refractivity contribution is 5.58. The van der Waals surface area contributed by atoms with Gasteiger partial charge in [-0.05, 0) is 37.3 Å². The number of aromatic nitrogens is 3. The van der Waals surface area contributed by atoms with Gasteiger partial charge in [0, 0.05) is 17.5 Å². The number of hydrogen-bond acceptors (Lipinski definition) is 5. The Balaban J connectivity index is 1.87. The van der Waals surface area contributed by atoms with E-state index in [2.05, 4.69) is 21.1 Å². The molecule has 3 rings (SSSR count). The lowest BCUT2D eigenvalue weighted by molar-refractivity contribution is 0.370. The number of aryl methyl sites for hydroxylation is 1. The number of terminal acetylenes is 1. The molecule has 0 spiro atoms. The highest BCUT2D eigenvalue weighted by atomic mass is 16.5. The first-order valence-corrected chi connectivity index (χ1v) is 6.69. The summed E-state index contributed by atoms with van der Waals surface area (Å²) in [6.45, 7) is 2.14. The van der Waals surface area contributed by atoms with Gasteiger partial charge in [-0.15, -0.1) is 16.6 Å². The quantitative estimate of drug-likeness (QED) is 0.691. The zero-order valence-electron chi connectivity index (χ0n) is 12.0. The summed E-state index contributed by atoms with van der Waals surface area (Å²) in [7, 11) is 0. The number of benzene rings is 1. The molecule has 5 heteroatoms. The van der Waals surface area contributed by atoms with E-state index in [-0.39, 0.29) is 6.61 Å². The van der Waals surface area contributed by atoms with Crippen molar-refractivity contribution in [2.45, 2.75) is 6.92 Å². The number of nitrogens with zero attached hydrogens (tertiary/aromatic N) is 3. The Morgan fingerprint density at radius 3 is 2.68 bits per heavy atom. The molecule has 0 saturated heterocycles. The van der Waals surface area contributed by atoms with E-state index in [4.69, 9.17) is 15.6 Å². The highest BCUT2D eigenvalue weighted by Gasteiger charge is 2.11. The van der Waals surface area contributed by atoms with Crippen LogP contribution in [0.4, 0.5) is 0 Å². The van der Waals surface area contributed by atoms with Crippen molar-refractivity contribution in [1.82, 2.24) is 15.2 Å². The molecule has 22 heavy (non-hydrogen) atoms. The fraction of sp³-hybridized carbons (Fsp3) is 0.118. The number of pyridine rings is 1. The van der Waals surface area contributed by atoms with E-state index in [9.17, 15) is 0 Å². The lowest BCUT2D eigenvalue weighted by atomic mass is 10.2. The Hall–Kier alpha value is -3.13.